The van der Waals surface area contributed by atoms with Crippen LogP contribution >= 0.6 is 0 Å². The van der Waals surface area contributed by atoms with Gasteiger partial charge in [-0.3, -0.25) is 4.90 Å². The SMILES string of the molecule is CC1CCCC(C)N1CC1(CN)CCCCCC1. The summed E-state index contributed by atoms with van der Waals surface area (Å²) in [6.45, 7) is 6.97. The highest BCUT2D eigenvalue weighted by Crippen LogP contribution is 2.37. The molecule has 0 spiro atoms. The number of nitrogens with two attached hydrogens (primary N) is 1. The van der Waals surface area contributed by atoms with Crippen LogP contribution in [0.5, 0.6) is 0 Å². The van der Waals surface area contributed by atoms with Gasteiger partial charge in [0.05, 0.1) is 0 Å². The molecule has 1 aliphatic heterocycles. The van der Waals surface area contributed by atoms with Crippen molar-refractivity contribution < 1.29 is 0 Å². The summed E-state index contributed by atoms with van der Waals surface area (Å²) >= 11 is 0. The molecule has 1 saturated heterocycles. The van der Waals surface area contributed by atoms with Crippen molar-refractivity contribution >= 4 is 0 Å². The maximum absolute atomic E-state index is 6.19. The Bertz CT molecular complexity index is 233. The minimum absolute atomic E-state index is 0.427. The second-order valence-corrected chi connectivity index (χ2v) is 6.92. The average molecular weight is 252 g/mol. The molecule has 18 heavy (non-hydrogen) atoms. The number of nitrogens with zero attached hydrogens (tertiary/aromatic N) is 1. The van der Waals surface area contributed by atoms with E-state index in [4.69, 9.17) is 5.73 Å². The fourth-order valence-electron chi connectivity index (χ4n) is 4.08. The smallest absolute Gasteiger partial charge is 0.00700 e. The lowest BCUT2D eigenvalue weighted by Crippen LogP contribution is -2.51. The Morgan fingerprint density at radius 2 is 1.50 bits per heavy atom. The highest BCUT2D eigenvalue weighted by Gasteiger charge is 2.35. The van der Waals surface area contributed by atoms with Crippen LogP contribution in [0.15, 0.2) is 0 Å². The molecule has 2 nitrogen and oxygen atoms in total. The maximum atomic E-state index is 6.19. The first-order valence-electron chi connectivity index (χ1n) is 8.13. The van der Waals surface area contributed by atoms with E-state index in [1.54, 1.807) is 0 Å². The Morgan fingerprint density at radius 1 is 0.944 bits per heavy atom. The second-order valence-electron chi connectivity index (χ2n) is 6.92. The topological polar surface area (TPSA) is 29.3 Å². The molecule has 1 saturated carbocycles. The largest absolute Gasteiger partial charge is 0.330 e. The number of rotatable bonds is 3. The predicted octanol–water partition coefficient (Wildman–Crippen LogP) is 3.55. The van der Waals surface area contributed by atoms with Gasteiger partial charge in [0.15, 0.2) is 0 Å². The van der Waals surface area contributed by atoms with Gasteiger partial charge in [-0.2, -0.15) is 0 Å². The van der Waals surface area contributed by atoms with E-state index in [2.05, 4.69) is 18.7 Å². The first kappa shape index (κ1) is 14.3. The average Bonchev–Trinajstić information content (AvgIpc) is 2.60. The monoisotopic (exact) mass is 252 g/mol. The van der Waals surface area contributed by atoms with Crippen LogP contribution in [0.3, 0.4) is 0 Å². The molecular weight excluding hydrogens is 220 g/mol. The first-order valence-corrected chi connectivity index (χ1v) is 8.13. The summed E-state index contributed by atoms with van der Waals surface area (Å²) in [5.41, 5.74) is 6.62. The standard InChI is InChI=1S/C16H32N2/c1-14-8-7-9-15(2)18(14)13-16(12-17)10-5-3-4-6-11-16/h14-15H,3-13,17H2,1-2H3. The normalized spacial score (nSPS) is 34.2. The van der Waals surface area contributed by atoms with Crippen LogP contribution in [0.4, 0.5) is 0 Å². The molecule has 106 valence electrons. The zero-order valence-corrected chi connectivity index (χ0v) is 12.5. The first-order chi connectivity index (χ1) is 8.67. The Balaban J connectivity index is 2.03. The van der Waals surface area contributed by atoms with Crippen molar-refractivity contribution in [2.24, 2.45) is 11.1 Å². The number of likely N-dealkylation sites (tertiary alicyclic amines) is 1. The summed E-state index contributed by atoms with van der Waals surface area (Å²) in [7, 11) is 0. The summed E-state index contributed by atoms with van der Waals surface area (Å²) in [6.07, 6.45) is 12.5. The van der Waals surface area contributed by atoms with Crippen molar-refractivity contribution in [3.05, 3.63) is 0 Å². The van der Waals surface area contributed by atoms with Gasteiger partial charge in [0, 0.05) is 18.6 Å². The Hall–Kier alpha value is -0.0800. The molecule has 1 heterocycles. The third-order valence-electron chi connectivity index (χ3n) is 5.49. The van der Waals surface area contributed by atoms with Gasteiger partial charge in [-0.25, -0.2) is 0 Å². The number of hydrogen-bond acceptors (Lipinski definition) is 2. The van der Waals surface area contributed by atoms with Gasteiger partial charge in [-0.1, -0.05) is 32.1 Å². The fourth-order valence-corrected chi connectivity index (χ4v) is 4.08. The van der Waals surface area contributed by atoms with Crippen molar-refractivity contribution in [1.29, 1.82) is 0 Å². The van der Waals surface area contributed by atoms with Crippen molar-refractivity contribution in [3.63, 3.8) is 0 Å². The summed E-state index contributed by atoms with van der Waals surface area (Å²) in [4.78, 5) is 2.77. The van der Waals surface area contributed by atoms with Gasteiger partial charge in [-0.15, -0.1) is 0 Å². The lowest BCUT2D eigenvalue weighted by Gasteiger charge is -2.45. The van der Waals surface area contributed by atoms with E-state index in [0.717, 1.165) is 18.6 Å². The van der Waals surface area contributed by atoms with E-state index in [0.29, 0.717) is 5.41 Å². The molecule has 0 aromatic heterocycles. The lowest BCUT2D eigenvalue weighted by atomic mass is 9.78. The molecule has 2 atom stereocenters. The summed E-state index contributed by atoms with van der Waals surface area (Å²) in [5.74, 6) is 0. The minimum Gasteiger partial charge on any atom is -0.330 e. The zero-order valence-electron chi connectivity index (χ0n) is 12.5. The summed E-state index contributed by atoms with van der Waals surface area (Å²) < 4.78 is 0. The second kappa shape index (κ2) is 6.38. The van der Waals surface area contributed by atoms with Gasteiger partial charge in [0.2, 0.25) is 0 Å². The van der Waals surface area contributed by atoms with Crippen LogP contribution < -0.4 is 5.73 Å². The molecule has 0 radical (unpaired) electrons. The third-order valence-corrected chi connectivity index (χ3v) is 5.49. The van der Waals surface area contributed by atoms with Gasteiger partial charge in [0.25, 0.3) is 0 Å². The molecule has 2 heteroatoms. The zero-order chi connectivity index (χ0) is 13.0. The lowest BCUT2D eigenvalue weighted by molar-refractivity contribution is 0.0434. The maximum Gasteiger partial charge on any atom is 0.00700 e. The van der Waals surface area contributed by atoms with E-state index in [1.807, 2.05) is 0 Å². The van der Waals surface area contributed by atoms with E-state index >= 15 is 0 Å². The van der Waals surface area contributed by atoms with Crippen LogP contribution in [0.25, 0.3) is 0 Å². The predicted molar refractivity (Wildman–Crippen MR) is 78.7 cm³/mol. The molecule has 0 bridgehead atoms. The van der Waals surface area contributed by atoms with Crippen LogP contribution in [0, 0.1) is 5.41 Å². The molecule has 0 aromatic rings. The number of piperidine rings is 1. The molecule has 2 N–H and O–H groups in total. The Labute approximate surface area is 113 Å². The van der Waals surface area contributed by atoms with Crippen molar-refractivity contribution in [3.8, 4) is 0 Å². The van der Waals surface area contributed by atoms with Crippen molar-refractivity contribution in [2.75, 3.05) is 13.1 Å². The van der Waals surface area contributed by atoms with Crippen LogP contribution in [0.1, 0.15) is 71.6 Å². The van der Waals surface area contributed by atoms with Crippen LogP contribution in [0.2, 0.25) is 0 Å². The van der Waals surface area contributed by atoms with Crippen LogP contribution in [-0.4, -0.2) is 30.1 Å². The van der Waals surface area contributed by atoms with Crippen molar-refractivity contribution in [2.45, 2.75) is 83.7 Å². The molecule has 0 aromatic carbocycles. The molecule has 0 amide bonds. The molecular formula is C16H32N2. The van der Waals surface area contributed by atoms with Gasteiger partial charge >= 0.3 is 0 Å². The molecule has 2 aliphatic rings. The van der Waals surface area contributed by atoms with Gasteiger partial charge in [-0.05, 0) is 51.5 Å². The van der Waals surface area contributed by atoms with E-state index in [-0.39, 0.29) is 0 Å². The Kier molecular flexibility index (Phi) is 5.08. The fraction of sp³-hybridized carbons (Fsp3) is 1.00. The highest BCUT2D eigenvalue weighted by atomic mass is 15.2. The summed E-state index contributed by atoms with van der Waals surface area (Å²) in [6, 6.07) is 1.53. The van der Waals surface area contributed by atoms with E-state index in [1.165, 1.54) is 64.3 Å². The summed E-state index contributed by atoms with van der Waals surface area (Å²) in [5, 5.41) is 0. The Morgan fingerprint density at radius 3 is 2.00 bits per heavy atom. The van der Waals surface area contributed by atoms with Gasteiger partial charge in [0.1, 0.15) is 0 Å². The quantitative estimate of drug-likeness (QED) is 0.778. The van der Waals surface area contributed by atoms with Gasteiger partial charge < -0.3 is 5.73 Å². The molecule has 2 rings (SSSR count). The number of hydrogen-bond donors (Lipinski definition) is 1. The van der Waals surface area contributed by atoms with Crippen molar-refractivity contribution in [1.82, 2.24) is 4.90 Å². The molecule has 2 fully saturated rings. The third kappa shape index (κ3) is 3.27. The highest BCUT2D eigenvalue weighted by molar-refractivity contribution is 4.90. The van der Waals surface area contributed by atoms with E-state index in [9.17, 15) is 0 Å². The van der Waals surface area contributed by atoms with E-state index < -0.39 is 0 Å². The molecule has 1 aliphatic carbocycles. The molecule has 2 unspecified atom stereocenters. The van der Waals surface area contributed by atoms with Crippen LogP contribution in [-0.2, 0) is 0 Å². The minimum atomic E-state index is 0.427.